The number of nitrogen functional groups attached to an aromatic ring is 1. The highest BCUT2D eigenvalue weighted by Crippen LogP contribution is 2.27. The lowest BCUT2D eigenvalue weighted by molar-refractivity contribution is 0.0923. The summed E-state index contributed by atoms with van der Waals surface area (Å²) in [5.74, 6) is 6.32. The van der Waals surface area contributed by atoms with E-state index in [9.17, 15) is 4.79 Å². The van der Waals surface area contributed by atoms with E-state index >= 15 is 0 Å². The van der Waals surface area contributed by atoms with Crippen LogP contribution in [0.25, 0.3) is 0 Å². The van der Waals surface area contributed by atoms with Crippen LogP contribution in [-0.2, 0) is 5.75 Å². The second-order valence-corrected chi connectivity index (χ2v) is 5.82. The van der Waals surface area contributed by atoms with Gasteiger partial charge >= 0.3 is 5.91 Å². The zero-order valence-electron chi connectivity index (χ0n) is 10.0. The van der Waals surface area contributed by atoms with Gasteiger partial charge in [-0.15, -0.1) is 11.3 Å². The summed E-state index contributed by atoms with van der Waals surface area (Å²) in [5.41, 5.74) is 3.86. The Kier molecular flexibility index (Phi) is 4.05. The summed E-state index contributed by atoms with van der Waals surface area (Å²) in [6, 6.07) is 1.85. The lowest BCUT2D eigenvalue weighted by Crippen LogP contribution is -2.30. The third kappa shape index (κ3) is 2.92. The Morgan fingerprint density at radius 2 is 2.39 bits per heavy atom. The highest BCUT2D eigenvalue weighted by atomic mass is 32.2. The Balaban J connectivity index is 2.04. The molecule has 2 aromatic rings. The molecule has 0 spiro atoms. The van der Waals surface area contributed by atoms with Gasteiger partial charge < -0.3 is 4.42 Å². The maximum absolute atomic E-state index is 11.4. The van der Waals surface area contributed by atoms with Crippen molar-refractivity contribution in [2.45, 2.75) is 23.9 Å². The van der Waals surface area contributed by atoms with Crippen LogP contribution in [0.1, 0.15) is 27.6 Å². The van der Waals surface area contributed by atoms with Crippen LogP contribution in [0.5, 0.6) is 0 Å². The van der Waals surface area contributed by atoms with Crippen LogP contribution in [0.3, 0.4) is 0 Å². The first kappa shape index (κ1) is 13.1. The fourth-order valence-electron chi connectivity index (χ4n) is 1.44. The summed E-state index contributed by atoms with van der Waals surface area (Å²) in [5, 5.41) is 2.00. The zero-order chi connectivity index (χ0) is 13.1. The van der Waals surface area contributed by atoms with Gasteiger partial charge in [-0.05, 0) is 19.9 Å². The molecule has 5 nitrogen and oxygen atoms in total. The van der Waals surface area contributed by atoms with Crippen molar-refractivity contribution >= 4 is 29.0 Å². The number of nitrogens with one attached hydrogen (secondary N) is 1. The molecule has 1 amide bonds. The summed E-state index contributed by atoms with van der Waals surface area (Å²) < 4.78 is 6.45. The molecule has 7 heteroatoms. The number of carbonyl (C=O) groups is 1. The predicted octanol–water partition coefficient (Wildman–Crippen LogP) is 2.25. The maximum Gasteiger partial charge on any atom is 0.301 e. The van der Waals surface area contributed by atoms with Crippen LogP contribution in [0.4, 0.5) is 0 Å². The fourth-order valence-corrected chi connectivity index (χ4v) is 3.17. The number of thioether (sulfide) groups is 1. The monoisotopic (exact) mass is 283 g/mol. The third-order valence-electron chi connectivity index (χ3n) is 2.24. The molecular formula is C11H13N3O2S2. The second-order valence-electron chi connectivity index (χ2n) is 3.74. The number of aromatic nitrogens is 1. The Labute approximate surface area is 113 Å². The van der Waals surface area contributed by atoms with Crippen molar-refractivity contribution in [1.29, 1.82) is 0 Å². The van der Waals surface area contributed by atoms with E-state index in [4.69, 9.17) is 10.3 Å². The lowest BCUT2D eigenvalue weighted by atomic mass is 10.2. The number of nitrogens with two attached hydrogens (primary N) is 1. The van der Waals surface area contributed by atoms with E-state index < -0.39 is 5.91 Å². The minimum Gasteiger partial charge on any atom is -0.455 e. The van der Waals surface area contributed by atoms with Gasteiger partial charge in [-0.3, -0.25) is 10.2 Å². The molecule has 0 saturated heterocycles. The van der Waals surface area contributed by atoms with Crippen molar-refractivity contribution in [2.75, 3.05) is 0 Å². The van der Waals surface area contributed by atoms with Crippen LogP contribution < -0.4 is 11.3 Å². The molecule has 2 aromatic heterocycles. The summed E-state index contributed by atoms with van der Waals surface area (Å²) in [6.07, 6.45) is 0. The van der Waals surface area contributed by atoms with Crippen LogP contribution >= 0.6 is 23.1 Å². The molecule has 0 aromatic carbocycles. The highest BCUT2D eigenvalue weighted by Gasteiger charge is 2.14. The van der Waals surface area contributed by atoms with E-state index in [2.05, 4.69) is 10.4 Å². The Bertz CT molecular complexity index is 562. The molecule has 3 N–H and O–H groups in total. The molecule has 0 atom stereocenters. The minimum absolute atomic E-state index is 0.267. The Morgan fingerprint density at radius 3 is 3.00 bits per heavy atom. The zero-order valence-corrected chi connectivity index (χ0v) is 11.7. The molecule has 0 saturated carbocycles. The smallest absolute Gasteiger partial charge is 0.301 e. The highest BCUT2D eigenvalue weighted by molar-refractivity contribution is 8.00. The summed E-state index contributed by atoms with van der Waals surface area (Å²) in [7, 11) is 0. The molecule has 0 bridgehead atoms. The Hall–Kier alpha value is -1.31. The number of amides is 1. The van der Waals surface area contributed by atoms with Gasteiger partial charge in [0, 0.05) is 16.6 Å². The van der Waals surface area contributed by atoms with E-state index in [0.717, 1.165) is 21.4 Å². The molecule has 0 aliphatic heterocycles. The second kappa shape index (κ2) is 5.55. The maximum atomic E-state index is 11.4. The summed E-state index contributed by atoms with van der Waals surface area (Å²) >= 11 is 3.19. The van der Waals surface area contributed by atoms with Crippen molar-refractivity contribution in [2.24, 2.45) is 5.84 Å². The first-order chi connectivity index (χ1) is 8.60. The van der Waals surface area contributed by atoms with Gasteiger partial charge in [0.25, 0.3) is 0 Å². The molecule has 0 radical (unpaired) electrons. The predicted molar refractivity (Wildman–Crippen MR) is 71.5 cm³/mol. The van der Waals surface area contributed by atoms with E-state index in [1.807, 2.05) is 25.3 Å². The standard InChI is InChI=1S/C11H13N3O2S2/c1-6-3-8(16-9(6)10(15)14-12)5-18-11-13-7(2)4-17-11/h3-4H,5,12H2,1-2H3,(H,14,15). The quantitative estimate of drug-likeness (QED) is 0.389. The van der Waals surface area contributed by atoms with Crippen molar-refractivity contribution in [3.63, 3.8) is 0 Å². The Morgan fingerprint density at radius 1 is 1.61 bits per heavy atom. The van der Waals surface area contributed by atoms with Gasteiger partial charge in [-0.25, -0.2) is 10.8 Å². The number of aryl methyl sites for hydroxylation is 2. The van der Waals surface area contributed by atoms with Crippen LogP contribution in [0.15, 0.2) is 20.2 Å². The van der Waals surface area contributed by atoms with Crippen LogP contribution in [0.2, 0.25) is 0 Å². The van der Waals surface area contributed by atoms with E-state index in [-0.39, 0.29) is 5.76 Å². The van der Waals surface area contributed by atoms with Gasteiger partial charge in [-0.2, -0.15) is 0 Å². The molecule has 18 heavy (non-hydrogen) atoms. The number of hydrogen-bond donors (Lipinski definition) is 2. The molecule has 2 rings (SSSR count). The number of thiazole rings is 1. The first-order valence-electron chi connectivity index (χ1n) is 5.25. The van der Waals surface area contributed by atoms with Gasteiger partial charge in [0.15, 0.2) is 10.1 Å². The number of nitrogens with zero attached hydrogens (tertiary/aromatic N) is 1. The molecule has 0 fully saturated rings. The topological polar surface area (TPSA) is 81.2 Å². The molecule has 2 heterocycles. The van der Waals surface area contributed by atoms with E-state index in [0.29, 0.717) is 5.75 Å². The number of hydrazine groups is 1. The SMILES string of the molecule is Cc1csc(SCc2cc(C)c(C(=O)NN)o2)n1. The number of furan rings is 1. The minimum atomic E-state index is -0.408. The fraction of sp³-hybridized carbons (Fsp3) is 0.273. The third-order valence-corrected chi connectivity index (χ3v) is 4.40. The van der Waals surface area contributed by atoms with Gasteiger partial charge in [-0.1, -0.05) is 11.8 Å². The average Bonchev–Trinajstić information content (AvgIpc) is 2.92. The van der Waals surface area contributed by atoms with Gasteiger partial charge in [0.2, 0.25) is 0 Å². The van der Waals surface area contributed by atoms with Crippen molar-refractivity contribution in [1.82, 2.24) is 10.4 Å². The summed E-state index contributed by atoms with van der Waals surface area (Å²) in [4.78, 5) is 15.7. The number of carbonyl (C=O) groups excluding carboxylic acids is 1. The van der Waals surface area contributed by atoms with Crippen LogP contribution in [0, 0.1) is 13.8 Å². The summed E-state index contributed by atoms with van der Waals surface area (Å²) in [6.45, 7) is 3.77. The van der Waals surface area contributed by atoms with Crippen molar-refractivity contribution in [3.8, 4) is 0 Å². The van der Waals surface area contributed by atoms with E-state index in [1.165, 1.54) is 0 Å². The average molecular weight is 283 g/mol. The normalized spacial score (nSPS) is 10.6. The number of rotatable bonds is 4. The molecule has 0 aliphatic carbocycles. The van der Waals surface area contributed by atoms with Gasteiger partial charge in [0.05, 0.1) is 5.75 Å². The van der Waals surface area contributed by atoms with Crippen LogP contribution in [-0.4, -0.2) is 10.9 Å². The van der Waals surface area contributed by atoms with Crippen molar-refractivity contribution in [3.05, 3.63) is 34.2 Å². The van der Waals surface area contributed by atoms with E-state index in [1.54, 1.807) is 23.1 Å². The largest absolute Gasteiger partial charge is 0.455 e. The lowest BCUT2D eigenvalue weighted by Gasteiger charge is -1.96. The van der Waals surface area contributed by atoms with Gasteiger partial charge in [0.1, 0.15) is 5.76 Å². The molecule has 0 unspecified atom stereocenters. The molecule has 96 valence electrons. The first-order valence-corrected chi connectivity index (χ1v) is 7.12. The molecular weight excluding hydrogens is 270 g/mol. The van der Waals surface area contributed by atoms with Crippen molar-refractivity contribution < 1.29 is 9.21 Å². The molecule has 0 aliphatic rings. The number of hydrogen-bond acceptors (Lipinski definition) is 6.